The molecule has 0 aromatic heterocycles. The van der Waals surface area contributed by atoms with Crippen molar-refractivity contribution in [2.75, 3.05) is 38.8 Å². The Morgan fingerprint density at radius 1 is 1.21 bits per heavy atom. The molecule has 0 spiro atoms. The third-order valence-corrected chi connectivity index (χ3v) is 5.35. The Morgan fingerprint density at radius 3 is 2.79 bits per heavy atom. The molecule has 0 bridgehead atoms. The van der Waals surface area contributed by atoms with Crippen molar-refractivity contribution in [1.29, 1.82) is 0 Å². The summed E-state index contributed by atoms with van der Waals surface area (Å²) in [7, 11) is 3.19. The monoisotopic (exact) mass is 444 g/mol. The quantitative estimate of drug-likeness (QED) is 0.652. The number of hydrogen-bond donors (Lipinski definition) is 1. The van der Waals surface area contributed by atoms with E-state index >= 15 is 0 Å². The molecule has 1 aliphatic rings. The lowest BCUT2D eigenvalue weighted by atomic mass is 10.1. The maximum absolute atomic E-state index is 12.2. The molecular weight excluding hydrogens is 420 g/mol. The average molecular weight is 445 g/mol. The highest BCUT2D eigenvalue weighted by Gasteiger charge is 2.22. The Hall–Kier alpha value is -2.47. The fraction of sp³-hybridized carbons (Fsp3) is 0.318. The van der Waals surface area contributed by atoms with Crippen molar-refractivity contribution in [1.82, 2.24) is 5.32 Å². The Bertz CT molecular complexity index is 853. The fourth-order valence-electron chi connectivity index (χ4n) is 3.34. The van der Waals surface area contributed by atoms with Gasteiger partial charge in [-0.25, -0.2) is 0 Å². The zero-order valence-electron chi connectivity index (χ0n) is 16.2. The van der Waals surface area contributed by atoms with Gasteiger partial charge in [0.1, 0.15) is 0 Å². The number of anilines is 1. The average Bonchev–Trinajstić information content (AvgIpc) is 3.19. The first-order valence-corrected chi connectivity index (χ1v) is 10.1. The van der Waals surface area contributed by atoms with Gasteiger partial charge < -0.3 is 19.7 Å². The van der Waals surface area contributed by atoms with E-state index in [0.29, 0.717) is 24.0 Å². The van der Waals surface area contributed by atoms with E-state index in [0.717, 1.165) is 29.5 Å². The van der Waals surface area contributed by atoms with Gasteiger partial charge in [-0.05, 0) is 54.3 Å². The summed E-state index contributed by atoms with van der Waals surface area (Å²) in [6.07, 6.45) is 4.41. The summed E-state index contributed by atoms with van der Waals surface area (Å²) in [5.74, 6) is 1.68. The lowest BCUT2D eigenvalue weighted by Crippen LogP contribution is -2.29. The van der Waals surface area contributed by atoms with Gasteiger partial charge in [-0.15, -0.1) is 0 Å². The summed E-state index contributed by atoms with van der Waals surface area (Å²) in [4.78, 5) is 14.5. The molecule has 3 rings (SSSR count). The van der Waals surface area contributed by atoms with Crippen LogP contribution in [-0.4, -0.2) is 39.8 Å². The molecule has 5 nitrogen and oxygen atoms in total. The molecule has 0 aliphatic carbocycles. The molecule has 0 radical (unpaired) electrons. The van der Waals surface area contributed by atoms with Crippen LogP contribution in [-0.2, 0) is 4.79 Å². The smallest absolute Gasteiger partial charge is 0.244 e. The molecule has 1 saturated heterocycles. The lowest BCUT2D eigenvalue weighted by Gasteiger charge is -2.19. The van der Waals surface area contributed by atoms with E-state index in [9.17, 15) is 4.79 Å². The standard InChI is InChI=1S/C22H25BrN2O3/c1-27-20-8-6-16(12-21(20)28-2)7-9-22(26)24-14-17-10-11-25(15-17)19-5-3-4-18(23)13-19/h3-9,12-13,17H,10-11,14-15H2,1-2H3,(H,24,26)/b9-7+. The molecule has 1 aliphatic heterocycles. The molecule has 1 amide bonds. The normalized spacial score (nSPS) is 16.4. The number of amides is 1. The molecule has 148 valence electrons. The third-order valence-electron chi connectivity index (χ3n) is 4.86. The minimum atomic E-state index is -0.0873. The topological polar surface area (TPSA) is 50.8 Å². The SMILES string of the molecule is COc1ccc(/C=C/C(=O)NCC2CCN(c3cccc(Br)c3)C2)cc1OC. The molecular formula is C22H25BrN2O3. The van der Waals surface area contributed by atoms with Crippen molar-refractivity contribution in [3.63, 3.8) is 0 Å². The number of nitrogens with zero attached hydrogens (tertiary/aromatic N) is 1. The molecule has 1 atom stereocenters. The summed E-state index contributed by atoms with van der Waals surface area (Å²) in [6.45, 7) is 2.65. The Labute approximate surface area is 174 Å². The van der Waals surface area contributed by atoms with Crippen molar-refractivity contribution >= 4 is 33.6 Å². The molecule has 6 heteroatoms. The summed E-state index contributed by atoms with van der Waals surface area (Å²) in [5.41, 5.74) is 2.10. The molecule has 2 aromatic rings. The summed E-state index contributed by atoms with van der Waals surface area (Å²) in [5, 5.41) is 3.01. The Morgan fingerprint density at radius 2 is 2.04 bits per heavy atom. The Kier molecular flexibility index (Phi) is 6.98. The van der Waals surface area contributed by atoms with Crippen LogP contribution in [0.5, 0.6) is 11.5 Å². The van der Waals surface area contributed by atoms with Crippen LogP contribution < -0.4 is 19.7 Å². The van der Waals surface area contributed by atoms with Crippen LogP contribution in [0.15, 0.2) is 53.0 Å². The first-order valence-electron chi connectivity index (χ1n) is 9.27. The number of carbonyl (C=O) groups excluding carboxylic acids is 1. The molecule has 0 saturated carbocycles. The van der Waals surface area contributed by atoms with Crippen molar-refractivity contribution in [3.8, 4) is 11.5 Å². The highest BCUT2D eigenvalue weighted by molar-refractivity contribution is 9.10. The summed E-state index contributed by atoms with van der Waals surface area (Å²) < 4.78 is 11.6. The van der Waals surface area contributed by atoms with E-state index in [-0.39, 0.29) is 5.91 Å². The van der Waals surface area contributed by atoms with E-state index in [2.05, 4.69) is 38.3 Å². The van der Waals surface area contributed by atoms with E-state index < -0.39 is 0 Å². The predicted octanol–water partition coefficient (Wildman–Crippen LogP) is 4.12. The first-order chi connectivity index (χ1) is 13.6. The van der Waals surface area contributed by atoms with Crippen LogP contribution in [0.4, 0.5) is 5.69 Å². The second-order valence-corrected chi connectivity index (χ2v) is 7.69. The molecule has 1 heterocycles. The number of benzene rings is 2. The minimum Gasteiger partial charge on any atom is -0.493 e. The summed E-state index contributed by atoms with van der Waals surface area (Å²) >= 11 is 3.52. The molecule has 1 N–H and O–H groups in total. The predicted molar refractivity (Wildman–Crippen MR) is 116 cm³/mol. The van der Waals surface area contributed by atoms with Gasteiger partial charge >= 0.3 is 0 Å². The second kappa shape index (κ2) is 9.64. The van der Waals surface area contributed by atoms with Gasteiger partial charge in [0.2, 0.25) is 5.91 Å². The van der Waals surface area contributed by atoms with Crippen molar-refractivity contribution in [2.24, 2.45) is 5.92 Å². The number of nitrogens with one attached hydrogen (secondary N) is 1. The molecule has 1 fully saturated rings. The van der Waals surface area contributed by atoms with Crippen LogP contribution in [0.1, 0.15) is 12.0 Å². The second-order valence-electron chi connectivity index (χ2n) is 6.77. The minimum absolute atomic E-state index is 0.0873. The first kappa shape index (κ1) is 20.3. The number of hydrogen-bond acceptors (Lipinski definition) is 4. The molecule has 2 aromatic carbocycles. The number of rotatable bonds is 7. The van der Waals surface area contributed by atoms with Crippen LogP contribution >= 0.6 is 15.9 Å². The lowest BCUT2D eigenvalue weighted by molar-refractivity contribution is -0.116. The van der Waals surface area contributed by atoms with Gasteiger partial charge in [0.05, 0.1) is 14.2 Å². The van der Waals surface area contributed by atoms with Crippen LogP contribution in [0, 0.1) is 5.92 Å². The van der Waals surface area contributed by atoms with Gasteiger partial charge in [0.25, 0.3) is 0 Å². The zero-order chi connectivity index (χ0) is 19.9. The number of methoxy groups -OCH3 is 2. The van der Waals surface area contributed by atoms with Gasteiger partial charge in [0.15, 0.2) is 11.5 Å². The summed E-state index contributed by atoms with van der Waals surface area (Å²) in [6, 6.07) is 13.9. The molecule has 28 heavy (non-hydrogen) atoms. The van der Waals surface area contributed by atoms with Gasteiger partial charge in [0, 0.05) is 35.9 Å². The Balaban J connectivity index is 1.49. The van der Waals surface area contributed by atoms with Gasteiger partial charge in [-0.3, -0.25) is 4.79 Å². The van der Waals surface area contributed by atoms with Crippen LogP contribution in [0.2, 0.25) is 0 Å². The number of carbonyl (C=O) groups is 1. The third kappa shape index (κ3) is 5.29. The number of ether oxygens (including phenoxy) is 2. The highest BCUT2D eigenvalue weighted by Crippen LogP contribution is 2.28. The van der Waals surface area contributed by atoms with E-state index in [1.165, 1.54) is 5.69 Å². The number of halogens is 1. The maximum atomic E-state index is 12.2. The van der Waals surface area contributed by atoms with E-state index in [1.54, 1.807) is 26.4 Å². The van der Waals surface area contributed by atoms with Crippen LogP contribution in [0.25, 0.3) is 6.08 Å². The van der Waals surface area contributed by atoms with E-state index in [1.807, 2.05) is 30.3 Å². The fourth-order valence-corrected chi connectivity index (χ4v) is 3.73. The maximum Gasteiger partial charge on any atom is 0.244 e. The van der Waals surface area contributed by atoms with Gasteiger partial charge in [-0.1, -0.05) is 28.1 Å². The highest BCUT2D eigenvalue weighted by atomic mass is 79.9. The van der Waals surface area contributed by atoms with Crippen molar-refractivity contribution in [2.45, 2.75) is 6.42 Å². The van der Waals surface area contributed by atoms with Gasteiger partial charge in [-0.2, -0.15) is 0 Å². The molecule has 1 unspecified atom stereocenters. The zero-order valence-corrected chi connectivity index (χ0v) is 17.7. The van der Waals surface area contributed by atoms with Crippen LogP contribution in [0.3, 0.4) is 0 Å². The van der Waals surface area contributed by atoms with Crippen molar-refractivity contribution in [3.05, 3.63) is 58.6 Å². The largest absolute Gasteiger partial charge is 0.493 e. The van der Waals surface area contributed by atoms with Crippen molar-refractivity contribution < 1.29 is 14.3 Å². The van der Waals surface area contributed by atoms with E-state index in [4.69, 9.17) is 9.47 Å².